The summed E-state index contributed by atoms with van der Waals surface area (Å²) in [4.78, 5) is 34.1. The van der Waals surface area contributed by atoms with E-state index in [0.717, 1.165) is 17.7 Å². The van der Waals surface area contributed by atoms with Crippen LogP contribution in [0.4, 0.5) is 5.82 Å². The molecule has 8 nitrogen and oxygen atoms in total. The Morgan fingerprint density at radius 1 is 1.07 bits per heavy atom. The number of nitrogens with zero attached hydrogens (tertiary/aromatic N) is 3. The van der Waals surface area contributed by atoms with Crippen molar-refractivity contribution in [2.75, 3.05) is 39.5 Å². The molecule has 0 radical (unpaired) electrons. The van der Waals surface area contributed by atoms with E-state index in [9.17, 15) is 9.59 Å². The highest BCUT2D eigenvalue weighted by Crippen LogP contribution is 2.08. The zero-order chi connectivity index (χ0) is 21.9. The summed E-state index contributed by atoms with van der Waals surface area (Å²) in [6.07, 6.45) is 1.04. The largest absolute Gasteiger partial charge is 0.356 e. The van der Waals surface area contributed by atoms with Gasteiger partial charge in [0.2, 0.25) is 5.91 Å². The summed E-state index contributed by atoms with van der Waals surface area (Å²) in [6.45, 7) is 2.98. The number of aromatic nitrogens is 1. The lowest BCUT2D eigenvalue weighted by molar-refractivity contribution is -0.116. The molecule has 0 saturated carbocycles. The summed E-state index contributed by atoms with van der Waals surface area (Å²) in [6, 6.07) is 13.1. The van der Waals surface area contributed by atoms with Crippen molar-refractivity contribution in [2.45, 2.75) is 19.8 Å². The zero-order valence-corrected chi connectivity index (χ0v) is 18.0. The number of carbonyl (C=O) groups excluding carboxylic acids is 2. The van der Waals surface area contributed by atoms with Crippen LogP contribution in [0.15, 0.2) is 47.5 Å². The molecule has 0 spiro atoms. The molecule has 160 valence electrons. The maximum absolute atomic E-state index is 12.1. The molecule has 3 N–H and O–H groups in total. The molecule has 2 amide bonds. The van der Waals surface area contributed by atoms with E-state index in [1.165, 1.54) is 0 Å². The Labute approximate surface area is 177 Å². The quantitative estimate of drug-likeness (QED) is 0.456. The van der Waals surface area contributed by atoms with Gasteiger partial charge in [0.1, 0.15) is 5.82 Å². The van der Waals surface area contributed by atoms with Gasteiger partial charge in [-0.25, -0.2) is 4.98 Å². The highest BCUT2D eigenvalue weighted by atomic mass is 16.2. The molecule has 0 unspecified atom stereocenters. The number of hydrogen-bond acceptors (Lipinski definition) is 4. The summed E-state index contributed by atoms with van der Waals surface area (Å²) < 4.78 is 0. The second-order valence-corrected chi connectivity index (χ2v) is 7.04. The number of pyridine rings is 1. The summed E-state index contributed by atoms with van der Waals surface area (Å²) in [5.74, 6) is 1.05. The van der Waals surface area contributed by atoms with E-state index in [4.69, 9.17) is 0 Å². The average Bonchev–Trinajstić information content (AvgIpc) is 2.72. The summed E-state index contributed by atoms with van der Waals surface area (Å²) in [7, 11) is 5.16. The van der Waals surface area contributed by atoms with Crippen LogP contribution in [0, 0.1) is 6.92 Å². The van der Waals surface area contributed by atoms with Crippen LogP contribution in [0.3, 0.4) is 0 Å². The molecular formula is C22H30N6O2. The van der Waals surface area contributed by atoms with Gasteiger partial charge in [-0.2, -0.15) is 0 Å². The molecule has 0 aliphatic rings. The zero-order valence-electron chi connectivity index (χ0n) is 18.0. The fraction of sp³-hybridized carbons (Fsp3) is 0.364. The van der Waals surface area contributed by atoms with E-state index in [-0.39, 0.29) is 11.8 Å². The Bertz CT molecular complexity index is 895. The number of carbonyl (C=O) groups is 2. The molecule has 8 heteroatoms. The van der Waals surface area contributed by atoms with Crippen LogP contribution in [-0.2, 0) is 11.2 Å². The van der Waals surface area contributed by atoms with Gasteiger partial charge in [0.25, 0.3) is 5.91 Å². The predicted molar refractivity (Wildman–Crippen MR) is 120 cm³/mol. The number of benzene rings is 1. The van der Waals surface area contributed by atoms with Crippen molar-refractivity contribution < 1.29 is 9.59 Å². The van der Waals surface area contributed by atoms with Crippen molar-refractivity contribution in [3.63, 3.8) is 0 Å². The topological polar surface area (TPSA) is 98.7 Å². The molecule has 1 aromatic heterocycles. The van der Waals surface area contributed by atoms with E-state index in [1.54, 1.807) is 32.1 Å². The van der Waals surface area contributed by atoms with Crippen LogP contribution in [0.25, 0.3) is 0 Å². The molecule has 0 aliphatic heterocycles. The second-order valence-electron chi connectivity index (χ2n) is 7.04. The van der Waals surface area contributed by atoms with Gasteiger partial charge in [0, 0.05) is 51.9 Å². The fourth-order valence-electron chi connectivity index (χ4n) is 2.78. The Hall–Kier alpha value is -3.42. The van der Waals surface area contributed by atoms with Crippen molar-refractivity contribution in [3.05, 3.63) is 59.3 Å². The molecular weight excluding hydrogens is 380 g/mol. The lowest BCUT2D eigenvalue weighted by atomic mass is 10.1. The molecule has 0 aliphatic carbocycles. The molecule has 0 fully saturated rings. The molecule has 1 aromatic carbocycles. The summed E-state index contributed by atoms with van der Waals surface area (Å²) in [5.41, 5.74) is 2.59. The third-order valence-corrected chi connectivity index (χ3v) is 4.31. The first-order valence-corrected chi connectivity index (χ1v) is 9.87. The van der Waals surface area contributed by atoms with Crippen molar-refractivity contribution >= 4 is 23.6 Å². The van der Waals surface area contributed by atoms with Gasteiger partial charge in [-0.1, -0.05) is 18.2 Å². The van der Waals surface area contributed by atoms with Crippen LogP contribution >= 0.6 is 0 Å². The van der Waals surface area contributed by atoms with Crippen LogP contribution in [0.2, 0.25) is 0 Å². The van der Waals surface area contributed by atoms with Gasteiger partial charge in [0.05, 0.1) is 0 Å². The van der Waals surface area contributed by atoms with E-state index < -0.39 is 0 Å². The van der Waals surface area contributed by atoms with Crippen LogP contribution in [0.1, 0.15) is 28.0 Å². The van der Waals surface area contributed by atoms with Crippen LogP contribution in [-0.4, -0.2) is 61.9 Å². The third kappa shape index (κ3) is 7.54. The smallest absolute Gasteiger partial charge is 0.253 e. The average molecular weight is 411 g/mol. The summed E-state index contributed by atoms with van der Waals surface area (Å²) in [5, 5.41) is 9.13. The van der Waals surface area contributed by atoms with Crippen molar-refractivity contribution in [3.8, 4) is 0 Å². The molecule has 2 aromatic rings. The Kier molecular flexibility index (Phi) is 8.80. The molecule has 30 heavy (non-hydrogen) atoms. The number of anilines is 1. The molecule has 0 atom stereocenters. The van der Waals surface area contributed by atoms with Gasteiger partial charge < -0.3 is 20.9 Å². The molecule has 0 bridgehead atoms. The number of aryl methyl sites for hydroxylation is 1. The Morgan fingerprint density at radius 2 is 1.80 bits per heavy atom. The van der Waals surface area contributed by atoms with Crippen molar-refractivity contribution in [1.29, 1.82) is 0 Å². The lowest BCUT2D eigenvalue weighted by Gasteiger charge is -2.13. The fourth-order valence-corrected chi connectivity index (χ4v) is 2.78. The van der Waals surface area contributed by atoms with Crippen LogP contribution in [0.5, 0.6) is 0 Å². The minimum Gasteiger partial charge on any atom is -0.356 e. The second kappa shape index (κ2) is 11.5. The van der Waals surface area contributed by atoms with Gasteiger partial charge >= 0.3 is 0 Å². The van der Waals surface area contributed by atoms with Gasteiger partial charge in [0.15, 0.2) is 5.96 Å². The number of aliphatic imine (C=N–C) groups is 1. The third-order valence-electron chi connectivity index (χ3n) is 4.31. The maximum atomic E-state index is 12.1. The molecule has 0 saturated heterocycles. The lowest BCUT2D eigenvalue weighted by Crippen LogP contribution is -2.39. The van der Waals surface area contributed by atoms with E-state index in [1.807, 2.05) is 43.3 Å². The first kappa shape index (κ1) is 22.9. The Balaban J connectivity index is 1.73. The van der Waals surface area contributed by atoms with E-state index in [0.29, 0.717) is 36.9 Å². The minimum atomic E-state index is -0.113. The first-order chi connectivity index (χ1) is 14.4. The van der Waals surface area contributed by atoms with Gasteiger partial charge in [-0.05, 0) is 43.2 Å². The highest BCUT2D eigenvalue weighted by molar-refractivity contribution is 5.94. The van der Waals surface area contributed by atoms with Gasteiger partial charge in [-0.15, -0.1) is 0 Å². The minimum absolute atomic E-state index is 0.0126. The monoisotopic (exact) mass is 410 g/mol. The number of rotatable bonds is 8. The number of amides is 2. The van der Waals surface area contributed by atoms with Crippen molar-refractivity contribution in [2.24, 2.45) is 4.99 Å². The van der Waals surface area contributed by atoms with E-state index >= 15 is 0 Å². The molecule has 2 rings (SSSR count). The summed E-state index contributed by atoms with van der Waals surface area (Å²) >= 11 is 0. The number of guanidine groups is 1. The normalized spacial score (nSPS) is 11.0. The predicted octanol–water partition coefficient (Wildman–Crippen LogP) is 1.83. The maximum Gasteiger partial charge on any atom is 0.253 e. The SMILES string of the molecule is CN=C(NCCC(=O)Nc1cccc(C)n1)NCCc1cccc(C(=O)N(C)C)c1. The number of nitrogens with one attached hydrogen (secondary N) is 3. The molecule has 1 heterocycles. The number of hydrogen-bond donors (Lipinski definition) is 3. The standard InChI is InChI=1S/C22H30N6O2/c1-16-7-5-10-19(26-16)27-20(29)12-14-25-22(23-2)24-13-11-17-8-6-9-18(15-17)21(30)28(3)4/h5-10,15H,11-14H2,1-4H3,(H2,23,24,25)(H,26,27,29). The van der Waals surface area contributed by atoms with Crippen LogP contribution < -0.4 is 16.0 Å². The first-order valence-electron chi connectivity index (χ1n) is 9.87. The van der Waals surface area contributed by atoms with Gasteiger partial charge in [-0.3, -0.25) is 14.6 Å². The Morgan fingerprint density at radius 3 is 2.50 bits per heavy atom. The van der Waals surface area contributed by atoms with E-state index in [2.05, 4.69) is 25.9 Å². The highest BCUT2D eigenvalue weighted by Gasteiger charge is 2.08. The van der Waals surface area contributed by atoms with Crippen molar-refractivity contribution in [1.82, 2.24) is 20.5 Å².